The lowest BCUT2D eigenvalue weighted by Crippen LogP contribution is -2.34. The predicted molar refractivity (Wildman–Crippen MR) is 179 cm³/mol. The van der Waals surface area contributed by atoms with Gasteiger partial charge in [0.2, 0.25) is 5.13 Å². The van der Waals surface area contributed by atoms with Crippen molar-refractivity contribution in [2.45, 2.75) is 52.7 Å². The number of aromatic nitrogens is 5. The number of anilines is 3. The molecule has 0 aliphatic heterocycles. The lowest BCUT2D eigenvalue weighted by Gasteiger charge is -2.26. The van der Waals surface area contributed by atoms with Crippen molar-refractivity contribution in [3.05, 3.63) is 71.5 Å². The molecule has 5 rings (SSSR count). The van der Waals surface area contributed by atoms with E-state index in [1.54, 1.807) is 97.2 Å². The fourth-order valence-corrected chi connectivity index (χ4v) is 5.25. The maximum absolute atomic E-state index is 13.6. The molecule has 5 aromatic rings. The normalized spacial score (nSPS) is 11.7. The van der Waals surface area contributed by atoms with Crippen LogP contribution in [0, 0.1) is 0 Å². The molecule has 0 spiro atoms. The summed E-state index contributed by atoms with van der Waals surface area (Å²) < 4.78 is 21.9. The van der Waals surface area contributed by atoms with Crippen LogP contribution in [0.3, 0.4) is 0 Å². The molecular formula is C32H32ClN7O6S. The highest BCUT2D eigenvalue weighted by Crippen LogP contribution is 2.39. The van der Waals surface area contributed by atoms with E-state index in [9.17, 15) is 14.4 Å². The fraction of sp³-hybridized carbons (Fsp3) is 0.281. The van der Waals surface area contributed by atoms with E-state index in [1.807, 2.05) is 0 Å². The first-order valence-corrected chi connectivity index (χ1v) is 15.5. The number of benzene rings is 2. The van der Waals surface area contributed by atoms with Gasteiger partial charge in [0, 0.05) is 34.2 Å². The number of methoxy groups -OCH3 is 1. The van der Waals surface area contributed by atoms with Gasteiger partial charge in [-0.2, -0.15) is 19.1 Å². The maximum Gasteiger partial charge on any atom is 0.435 e. The van der Waals surface area contributed by atoms with Crippen molar-refractivity contribution in [2.24, 2.45) is 0 Å². The number of rotatable bonds is 6. The van der Waals surface area contributed by atoms with Crippen LogP contribution in [0.2, 0.25) is 5.02 Å². The second-order valence-electron chi connectivity index (χ2n) is 12.2. The van der Waals surface area contributed by atoms with Crippen LogP contribution in [-0.2, 0) is 9.47 Å². The number of hydrogen-bond acceptors (Lipinski definition) is 11. The SMILES string of the molecule is COc1ccc(C(=O)Nc2cc(-c3nsc(N(C(=O)OC(C)(C)C)c4ccc5c(cnn5C(=O)OC(C)(C)C)c4Cl)n3)ccn2)cc1. The van der Waals surface area contributed by atoms with E-state index in [1.165, 1.54) is 17.3 Å². The van der Waals surface area contributed by atoms with Gasteiger partial charge in [-0.1, -0.05) is 11.6 Å². The molecule has 0 aliphatic carbocycles. The van der Waals surface area contributed by atoms with Crippen LogP contribution in [0.15, 0.2) is 60.9 Å². The molecule has 47 heavy (non-hydrogen) atoms. The van der Waals surface area contributed by atoms with Gasteiger partial charge >= 0.3 is 12.2 Å². The molecule has 2 aromatic carbocycles. The topological polar surface area (TPSA) is 151 Å². The molecule has 244 valence electrons. The van der Waals surface area contributed by atoms with Crippen molar-refractivity contribution in [2.75, 3.05) is 17.3 Å². The number of nitrogens with one attached hydrogen (secondary N) is 1. The number of pyridine rings is 1. The number of hydrogen-bond donors (Lipinski definition) is 1. The third-order valence-corrected chi connectivity index (χ3v) is 7.37. The van der Waals surface area contributed by atoms with E-state index in [-0.39, 0.29) is 33.4 Å². The zero-order chi connectivity index (χ0) is 34.1. The van der Waals surface area contributed by atoms with Crippen LogP contribution < -0.4 is 15.0 Å². The Morgan fingerprint density at radius 1 is 0.957 bits per heavy atom. The quantitative estimate of drug-likeness (QED) is 0.189. The highest BCUT2D eigenvalue weighted by atomic mass is 35.5. The molecule has 3 heterocycles. The Labute approximate surface area is 279 Å². The number of carbonyl (C=O) groups excluding carboxylic acids is 3. The summed E-state index contributed by atoms with van der Waals surface area (Å²) in [5.74, 6) is 0.819. The van der Waals surface area contributed by atoms with Crippen LogP contribution in [-0.4, -0.2) is 60.5 Å². The van der Waals surface area contributed by atoms with E-state index in [4.69, 9.17) is 25.8 Å². The Morgan fingerprint density at radius 3 is 2.32 bits per heavy atom. The molecule has 0 fully saturated rings. The summed E-state index contributed by atoms with van der Waals surface area (Å²) in [6.45, 7) is 10.5. The molecule has 13 nitrogen and oxygen atoms in total. The van der Waals surface area contributed by atoms with Gasteiger partial charge in [0.1, 0.15) is 22.8 Å². The third-order valence-electron chi connectivity index (χ3n) is 6.27. The highest BCUT2D eigenvalue weighted by Gasteiger charge is 2.31. The average molecular weight is 678 g/mol. The summed E-state index contributed by atoms with van der Waals surface area (Å²) in [6, 6.07) is 13.1. The number of carbonyl (C=O) groups is 3. The fourth-order valence-electron chi connectivity index (χ4n) is 4.26. The summed E-state index contributed by atoms with van der Waals surface area (Å²) in [6.07, 6.45) is 1.51. The maximum atomic E-state index is 13.6. The van der Waals surface area contributed by atoms with Gasteiger partial charge in [0.15, 0.2) is 5.82 Å². The minimum absolute atomic E-state index is 0.132. The lowest BCUT2D eigenvalue weighted by atomic mass is 10.2. The Hall–Kier alpha value is -5.08. The van der Waals surface area contributed by atoms with Gasteiger partial charge in [0.25, 0.3) is 5.91 Å². The van der Waals surface area contributed by atoms with Crippen LogP contribution in [0.1, 0.15) is 51.9 Å². The Kier molecular flexibility index (Phi) is 9.18. The summed E-state index contributed by atoms with van der Waals surface area (Å²) in [5.41, 5.74) is 0.00346. The predicted octanol–water partition coefficient (Wildman–Crippen LogP) is 7.72. The first-order chi connectivity index (χ1) is 22.1. The largest absolute Gasteiger partial charge is 0.497 e. The van der Waals surface area contributed by atoms with Crippen LogP contribution in [0.4, 0.5) is 26.2 Å². The van der Waals surface area contributed by atoms with Crippen molar-refractivity contribution in [1.82, 2.24) is 24.1 Å². The van der Waals surface area contributed by atoms with Gasteiger partial charge in [-0.15, -0.1) is 0 Å². The lowest BCUT2D eigenvalue weighted by molar-refractivity contribution is 0.0521. The van der Waals surface area contributed by atoms with Crippen LogP contribution in [0.25, 0.3) is 22.3 Å². The minimum atomic E-state index is -0.844. The Balaban J connectivity index is 1.47. The Morgan fingerprint density at radius 2 is 1.66 bits per heavy atom. The van der Waals surface area contributed by atoms with E-state index in [2.05, 4.69) is 24.8 Å². The van der Waals surface area contributed by atoms with Gasteiger partial charge in [0.05, 0.1) is 29.5 Å². The molecule has 3 aromatic heterocycles. The van der Waals surface area contributed by atoms with Crippen molar-refractivity contribution < 1.29 is 28.6 Å². The van der Waals surface area contributed by atoms with Crippen LogP contribution >= 0.6 is 23.1 Å². The Bertz CT molecular complexity index is 1960. The van der Waals surface area contributed by atoms with E-state index in [0.717, 1.165) is 16.2 Å². The first-order valence-electron chi connectivity index (χ1n) is 14.3. The highest BCUT2D eigenvalue weighted by molar-refractivity contribution is 7.10. The monoisotopic (exact) mass is 677 g/mol. The number of fused-ring (bicyclic) bond motifs is 1. The van der Waals surface area contributed by atoms with E-state index < -0.39 is 23.4 Å². The first kappa shape index (κ1) is 33.3. The summed E-state index contributed by atoms with van der Waals surface area (Å²) >= 11 is 7.80. The van der Waals surface area contributed by atoms with Crippen molar-refractivity contribution >= 4 is 68.8 Å². The molecule has 0 aliphatic rings. The second-order valence-corrected chi connectivity index (χ2v) is 13.3. The van der Waals surface area contributed by atoms with Crippen molar-refractivity contribution in [1.29, 1.82) is 0 Å². The molecule has 0 unspecified atom stereocenters. The molecule has 2 amide bonds. The molecule has 1 N–H and O–H groups in total. The summed E-state index contributed by atoms with van der Waals surface area (Å²) in [4.78, 5) is 49.3. The smallest absolute Gasteiger partial charge is 0.435 e. The summed E-state index contributed by atoms with van der Waals surface area (Å²) in [5, 5.41) is 7.64. The van der Waals surface area contributed by atoms with Gasteiger partial charge in [-0.3, -0.25) is 4.79 Å². The van der Waals surface area contributed by atoms with Crippen LogP contribution in [0.5, 0.6) is 5.75 Å². The summed E-state index contributed by atoms with van der Waals surface area (Å²) in [7, 11) is 1.55. The second kappa shape index (κ2) is 13.0. The third kappa shape index (κ3) is 7.67. The zero-order valence-corrected chi connectivity index (χ0v) is 28.3. The standard InChI is InChI=1S/C32H32ClN7O6S/c1-31(2,3)45-29(42)39(23-13-12-22-21(25(23)33)17-35-40(22)30(43)46-32(4,5)6)28-37-26(38-47-28)19-14-15-34-24(16-19)36-27(41)18-8-10-20(44-7)11-9-18/h8-17H,1-7H3,(H,34,36,41). The molecule has 0 atom stereocenters. The van der Waals surface area contributed by atoms with E-state index >= 15 is 0 Å². The molecule has 15 heteroatoms. The number of nitrogens with zero attached hydrogens (tertiary/aromatic N) is 6. The number of amides is 2. The van der Waals surface area contributed by atoms with Gasteiger partial charge < -0.3 is 19.5 Å². The van der Waals surface area contributed by atoms with E-state index in [0.29, 0.717) is 27.8 Å². The molecule has 0 saturated heterocycles. The van der Waals surface area contributed by atoms with Crippen molar-refractivity contribution in [3.63, 3.8) is 0 Å². The zero-order valence-electron chi connectivity index (χ0n) is 26.7. The van der Waals surface area contributed by atoms with Gasteiger partial charge in [-0.05, 0) is 90.1 Å². The molecular weight excluding hydrogens is 646 g/mol. The van der Waals surface area contributed by atoms with Gasteiger partial charge in [-0.25, -0.2) is 19.5 Å². The molecule has 0 radical (unpaired) electrons. The number of ether oxygens (including phenoxy) is 3. The molecule has 0 saturated carbocycles. The average Bonchev–Trinajstić information content (AvgIpc) is 3.65. The molecule has 0 bridgehead atoms. The van der Waals surface area contributed by atoms with Crippen molar-refractivity contribution in [3.8, 4) is 17.1 Å². The minimum Gasteiger partial charge on any atom is -0.497 e. The number of halogens is 1.